The van der Waals surface area contributed by atoms with E-state index in [2.05, 4.69) is 9.72 Å². The molecule has 3 rings (SSSR count). The standard InChI is InChI=1S/C26H28N2O7S/c1-19-4-12-24(13-5-19)36(31,32)28(18-25(29)34-3)14-15-35-26(30)21-8-9-22(27-17-21)16-20-6-10-23(33-2)11-7-20/h4-13,17H,14-16,18H2,1-3H3. The highest BCUT2D eigenvalue weighted by Gasteiger charge is 2.27. The lowest BCUT2D eigenvalue weighted by atomic mass is 10.1. The molecule has 0 N–H and O–H groups in total. The van der Waals surface area contributed by atoms with E-state index in [1.54, 1.807) is 31.4 Å². The van der Waals surface area contributed by atoms with Crippen LogP contribution in [0.3, 0.4) is 0 Å². The van der Waals surface area contributed by atoms with Crippen LogP contribution in [0.15, 0.2) is 71.8 Å². The molecule has 9 nitrogen and oxygen atoms in total. The van der Waals surface area contributed by atoms with Crippen molar-refractivity contribution in [2.75, 3.05) is 33.9 Å². The summed E-state index contributed by atoms with van der Waals surface area (Å²) >= 11 is 0. The Kier molecular flexibility index (Phi) is 9.15. The lowest BCUT2D eigenvalue weighted by Crippen LogP contribution is -2.38. The van der Waals surface area contributed by atoms with Gasteiger partial charge in [0.15, 0.2) is 0 Å². The number of esters is 2. The zero-order chi connectivity index (χ0) is 26.1. The highest BCUT2D eigenvalue weighted by atomic mass is 32.2. The van der Waals surface area contributed by atoms with Gasteiger partial charge in [0.05, 0.1) is 24.7 Å². The molecule has 36 heavy (non-hydrogen) atoms. The Morgan fingerprint density at radius 2 is 1.64 bits per heavy atom. The van der Waals surface area contributed by atoms with Gasteiger partial charge in [0.1, 0.15) is 18.9 Å². The Balaban J connectivity index is 1.61. The fourth-order valence-corrected chi connectivity index (χ4v) is 4.65. The molecule has 0 aliphatic carbocycles. The van der Waals surface area contributed by atoms with Gasteiger partial charge in [-0.3, -0.25) is 9.78 Å². The number of hydrogen-bond acceptors (Lipinski definition) is 8. The molecule has 190 valence electrons. The van der Waals surface area contributed by atoms with Crippen molar-refractivity contribution in [3.05, 3.63) is 89.2 Å². The van der Waals surface area contributed by atoms with Gasteiger partial charge in [-0.25, -0.2) is 13.2 Å². The number of ether oxygens (including phenoxy) is 3. The van der Waals surface area contributed by atoms with Gasteiger partial charge >= 0.3 is 11.9 Å². The number of aromatic nitrogens is 1. The summed E-state index contributed by atoms with van der Waals surface area (Å²) in [5.74, 6) is -0.612. The molecule has 10 heteroatoms. The Labute approximate surface area is 210 Å². The van der Waals surface area contributed by atoms with Crippen LogP contribution in [0.2, 0.25) is 0 Å². The van der Waals surface area contributed by atoms with Crippen LogP contribution < -0.4 is 4.74 Å². The number of benzene rings is 2. The first kappa shape index (κ1) is 26.8. The summed E-state index contributed by atoms with van der Waals surface area (Å²) in [6.45, 7) is 0.850. The molecule has 0 aliphatic rings. The van der Waals surface area contributed by atoms with Crippen molar-refractivity contribution in [2.45, 2.75) is 18.2 Å². The highest BCUT2D eigenvalue weighted by molar-refractivity contribution is 7.89. The number of carbonyl (C=O) groups excluding carboxylic acids is 2. The van der Waals surface area contributed by atoms with E-state index >= 15 is 0 Å². The molecule has 0 aliphatic heterocycles. The second-order valence-corrected chi connectivity index (χ2v) is 9.86. The molecule has 1 aromatic heterocycles. The maximum atomic E-state index is 13.0. The molecule has 1 heterocycles. The zero-order valence-electron chi connectivity index (χ0n) is 20.3. The molecular weight excluding hydrogens is 484 g/mol. The van der Waals surface area contributed by atoms with Crippen LogP contribution in [0.1, 0.15) is 27.2 Å². The molecular formula is C26H28N2O7S. The van der Waals surface area contributed by atoms with Crippen LogP contribution in [-0.4, -0.2) is 63.6 Å². The monoisotopic (exact) mass is 512 g/mol. The first-order chi connectivity index (χ1) is 17.2. The number of nitrogens with zero attached hydrogens (tertiary/aromatic N) is 2. The van der Waals surface area contributed by atoms with Gasteiger partial charge in [0, 0.05) is 24.9 Å². The maximum absolute atomic E-state index is 13.0. The molecule has 2 aromatic carbocycles. The van der Waals surface area contributed by atoms with Gasteiger partial charge in [0.25, 0.3) is 0 Å². The number of hydrogen-bond donors (Lipinski definition) is 0. The minimum atomic E-state index is -4.00. The predicted octanol–water partition coefficient (Wildman–Crippen LogP) is 3.01. The predicted molar refractivity (Wildman–Crippen MR) is 132 cm³/mol. The second kappa shape index (κ2) is 12.3. The first-order valence-electron chi connectivity index (χ1n) is 11.1. The normalized spacial score (nSPS) is 11.2. The van der Waals surface area contributed by atoms with Crippen LogP contribution >= 0.6 is 0 Å². The van der Waals surface area contributed by atoms with Gasteiger partial charge in [-0.15, -0.1) is 0 Å². The minimum absolute atomic E-state index is 0.0278. The van der Waals surface area contributed by atoms with E-state index in [-0.39, 0.29) is 23.6 Å². The third-order valence-corrected chi connectivity index (χ3v) is 7.23. The van der Waals surface area contributed by atoms with E-state index in [9.17, 15) is 18.0 Å². The smallest absolute Gasteiger partial charge is 0.339 e. The van der Waals surface area contributed by atoms with Gasteiger partial charge < -0.3 is 14.2 Å². The lowest BCUT2D eigenvalue weighted by molar-refractivity contribution is -0.140. The molecule has 0 radical (unpaired) electrons. The molecule has 3 aromatic rings. The van der Waals surface area contributed by atoms with Crippen LogP contribution in [0.4, 0.5) is 0 Å². The number of sulfonamides is 1. The molecule has 0 fully saturated rings. The van der Waals surface area contributed by atoms with Crippen molar-refractivity contribution in [2.24, 2.45) is 0 Å². The number of methoxy groups -OCH3 is 2. The number of rotatable bonds is 11. The van der Waals surface area contributed by atoms with Gasteiger partial charge in [-0.1, -0.05) is 29.8 Å². The summed E-state index contributed by atoms with van der Waals surface area (Å²) in [5.41, 5.74) is 2.93. The second-order valence-electron chi connectivity index (χ2n) is 7.93. The summed E-state index contributed by atoms with van der Waals surface area (Å²) in [6.07, 6.45) is 2.00. The fourth-order valence-electron chi connectivity index (χ4n) is 3.28. The van der Waals surface area contributed by atoms with E-state index in [0.29, 0.717) is 6.42 Å². The van der Waals surface area contributed by atoms with Crippen LogP contribution in [0.25, 0.3) is 0 Å². The molecule has 0 atom stereocenters. The van der Waals surface area contributed by atoms with Crippen molar-refractivity contribution in [3.8, 4) is 5.75 Å². The Hall–Kier alpha value is -3.76. The number of aryl methyl sites for hydroxylation is 1. The van der Waals surface area contributed by atoms with Crippen LogP contribution in [0.5, 0.6) is 5.75 Å². The van der Waals surface area contributed by atoms with E-state index in [4.69, 9.17) is 9.47 Å². The summed E-state index contributed by atoms with van der Waals surface area (Å²) < 4.78 is 42.0. The third-order valence-electron chi connectivity index (χ3n) is 5.37. The lowest BCUT2D eigenvalue weighted by Gasteiger charge is -2.21. The van der Waals surface area contributed by atoms with Crippen molar-refractivity contribution in [1.82, 2.24) is 9.29 Å². The molecule has 0 bridgehead atoms. The van der Waals surface area contributed by atoms with E-state index < -0.39 is 28.5 Å². The summed E-state index contributed by atoms with van der Waals surface area (Å²) in [4.78, 5) is 28.6. The topological polar surface area (TPSA) is 112 Å². The quantitative estimate of drug-likeness (QED) is 0.361. The van der Waals surface area contributed by atoms with Crippen molar-refractivity contribution < 1.29 is 32.2 Å². The summed E-state index contributed by atoms with van der Waals surface area (Å²) in [6, 6.07) is 17.2. The van der Waals surface area contributed by atoms with Crippen molar-refractivity contribution in [3.63, 3.8) is 0 Å². The Morgan fingerprint density at radius 1 is 0.944 bits per heavy atom. The molecule has 0 unspecified atom stereocenters. The van der Waals surface area contributed by atoms with Gasteiger partial charge in [0.2, 0.25) is 10.0 Å². The molecule has 0 spiro atoms. The maximum Gasteiger partial charge on any atom is 0.339 e. The van der Waals surface area contributed by atoms with Crippen LogP contribution in [0, 0.1) is 6.92 Å². The van der Waals surface area contributed by atoms with Crippen molar-refractivity contribution >= 4 is 22.0 Å². The fraction of sp³-hybridized carbons (Fsp3) is 0.269. The molecule has 0 amide bonds. The molecule has 0 saturated carbocycles. The largest absolute Gasteiger partial charge is 0.497 e. The number of pyridine rings is 1. The van der Waals surface area contributed by atoms with Crippen LogP contribution in [-0.2, 0) is 30.7 Å². The zero-order valence-corrected chi connectivity index (χ0v) is 21.2. The summed E-state index contributed by atoms with van der Waals surface area (Å²) in [5, 5.41) is 0. The van der Waals surface area contributed by atoms with E-state index in [1.807, 2.05) is 31.2 Å². The summed E-state index contributed by atoms with van der Waals surface area (Å²) in [7, 11) is -1.23. The van der Waals surface area contributed by atoms with E-state index in [0.717, 1.165) is 26.9 Å². The van der Waals surface area contributed by atoms with E-state index in [1.165, 1.54) is 25.4 Å². The Morgan fingerprint density at radius 3 is 2.22 bits per heavy atom. The third kappa shape index (κ3) is 7.12. The van der Waals surface area contributed by atoms with Crippen molar-refractivity contribution in [1.29, 1.82) is 0 Å². The highest BCUT2D eigenvalue weighted by Crippen LogP contribution is 2.17. The first-order valence-corrected chi connectivity index (χ1v) is 12.6. The Bertz CT molecular complexity index is 1270. The number of carbonyl (C=O) groups is 2. The molecule has 0 saturated heterocycles. The van der Waals surface area contributed by atoms with Gasteiger partial charge in [-0.05, 0) is 48.9 Å². The van der Waals surface area contributed by atoms with Gasteiger partial charge in [-0.2, -0.15) is 4.31 Å². The average Bonchev–Trinajstić information content (AvgIpc) is 2.89. The average molecular weight is 513 g/mol. The SMILES string of the molecule is COC(=O)CN(CCOC(=O)c1ccc(Cc2ccc(OC)cc2)nc1)S(=O)(=O)c1ccc(C)cc1. The minimum Gasteiger partial charge on any atom is -0.497 e.